The number of benzene rings is 2. The first-order valence-electron chi connectivity index (χ1n) is 10.3. The van der Waals surface area contributed by atoms with Gasteiger partial charge in [0.1, 0.15) is 18.1 Å². The lowest BCUT2D eigenvalue weighted by molar-refractivity contribution is -0.128. The third-order valence-electron chi connectivity index (χ3n) is 5.54. The maximum Gasteiger partial charge on any atom is 0.306 e. The van der Waals surface area contributed by atoms with E-state index in [4.69, 9.17) is 20.5 Å². The van der Waals surface area contributed by atoms with E-state index in [0.717, 1.165) is 30.2 Å². The first kappa shape index (κ1) is 25.2. The first-order chi connectivity index (χ1) is 14.3. The quantitative estimate of drug-likeness (QED) is 0.438. The number of hydrogen-bond acceptors (Lipinski definition) is 5. The second-order valence-electron chi connectivity index (χ2n) is 8.71. The fraction of sp³-hybridized carbons (Fsp3) is 0.458. The van der Waals surface area contributed by atoms with Crippen molar-refractivity contribution in [3.8, 4) is 11.5 Å². The van der Waals surface area contributed by atoms with Crippen LogP contribution >= 0.6 is 11.6 Å². The Morgan fingerprint density at radius 2 is 1.52 bits per heavy atom. The Morgan fingerprint density at radius 1 is 0.968 bits per heavy atom. The summed E-state index contributed by atoms with van der Waals surface area (Å²) in [6.45, 7) is 9.73. The molecule has 0 saturated heterocycles. The molecular formula is C24H31ClO5S. The summed E-state index contributed by atoms with van der Waals surface area (Å²) in [6.07, 6.45) is 2.65. The molecule has 0 fully saturated rings. The topological polar surface area (TPSA) is 69.7 Å². The number of halogens is 1. The second kappa shape index (κ2) is 9.61. The average Bonchev–Trinajstić information content (AvgIpc) is 2.67. The fourth-order valence-electron chi connectivity index (χ4n) is 3.51. The van der Waals surface area contributed by atoms with Crippen molar-refractivity contribution >= 4 is 27.5 Å². The van der Waals surface area contributed by atoms with Gasteiger partial charge in [-0.05, 0) is 48.2 Å². The van der Waals surface area contributed by atoms with Crippen LogP contribution in [0.2, 0.25) is 5.02 Å². The average molecular weight is 467 g/mol. The summed E-state index contributed by atoms with van der Waals surface area (Å²) < 4.78 is 33.4. The van der Waals surface area contributed by atoms with E-state index in [-0.39, 0.29) is 23.6 Å². The summed E-state index contributed by atoms with van der Waals surface area (Å²) in [6, 6.07) is 12.7. The molecule has 0 N–H and O–H groups in total. The molecule has 0 atom stereocenters. The Kier molecular flexibility index (Phi) is 7.82. The standard InChI is InChI=1S/C24H31ClO5S/c1-7-24(8-2,17-9-12-19(13-10-17)30-31(6,27)28)18-11-14-21(20(25)15-18)29-16-22(26)23(3,4)5/h9-15H,7-8,16H2,1-6H3. The minimum atomic E-state index is -3.58. The van der Waals surface area contributed by atoms with E-state index in [1.54, 1.807) is 18.2 Å². The van der Waals surface area contributed by atoms with Gasteiger partial charge >= 0.3 is 10.1 Å². The number of rotatable bonds is 9. The van der Waals surface area contributed by atoms with Crippen LogP contribution in [0.5, 0.6) is 11.5 Å². The van der Waals surface area contributed by atoms with E-state index >= 15 is 0 Å². The number of ether oxygens (including phenoxy) is 1. The van der Waals surface area contributed by atoms with E-state index in [0.29, 0.717) is 10.8 Å². The van der Waals surface area contributed by atoms with Crippen molar-refractivity contribution in [1.29, 1.82) is 0 Å². The summed E-state index contributed by atoms with van der Waals surface area (Å²) >= 11 is 6.51. The van der Waals surface area contributed by atoms with Crippen LogP contribution in [0.25, 0.3) is 0 Å². The highest BCUT2D eigenvalue weighted by Crippen LogP contribution is 2.41. The normalized spacial score (nSPS) is 12.5. The van der Waals surface area contributed by atoms with Gasteiger partial charge in [-0.15, -0.1) is 0 Å². The highest BCUT2D eigenvalue weighted by molar-refractivity contribution is 7.86. The van der Waals surface area contributed by atoms with Crippen LogP contribution in [0, 0.1) is 5.41 Å². The maximum absolute atomic E-state index is 12.2. The summed E-state index contributed by atoms with van der Waals surface area (Å²) in [5.41, 5.74) is 1.27. The van der Waals surface area contributed by atoms with Crippen LogP contribution in [0.3, 0.4) is 0 Å². The molecule has 0 saturated carbocycles. The molecule has 2 rings (SSSR count). The zero-order chi connectivity index (χ0) is 23.4. The Hall–Kier alpha value is -2.05. The number of ketones is 1. The van der Waals surface area contributed by atoms with Gasteiger partial charge < -0.3 is 8.92 Å². The van der Waals surface area contributed by atoms with Crippen LogP contribution in [0.4, 0.5) is 0 Å². The number of Topliss-reactive ketones (excluding diaryl/α,β-unsaturated/α-hetero) is 1. The lowest BCUT2D eigenvalue weighted by atomic mass is 9.70. The fourth-order valence-corrected chi connectivity index (χ4v) is 4.21. The van der Waals surface area contributed by atoms with Crippen molar-refractivity contribution in [3.05, 3.63) is 58.6 Å². The van der Waals surface area contributed by atoms with Gasteiger partial charge in [-0.3, -0.25) is 4.79 Å². The minimum Gasteiger partial charge on any atom is -0.484 e. The van der Waals surface area contributed by atoms with Gasteiger partial charge in [-0.2, -0.15) is 8.42 Å². The Labute approximate surface area is 190 Å². The maximum atomic E-state index is 12.2. The van der Waals surface area contributed by atoms with Gasteiger partial charge in [-0.25, -0.2) is 0 Å². The first-order valence-corrected chi connectivity index (χ1v) is 12.5. The smallest absolute Gasteiger partial charge is 0.306 e. The van der Waals surface area contributed by atoms with Crippen molar-refractivity contribution in [1.82, 2.24) is 0 Å². The van der Waals surface area contributed by atoms with E-state index in [1.807, 2.05) is 45.0 Å². The van der Waals surface area contributed by atoms with E-state index in [9.17, 15) is 13.2 Å². The van der Waals surface area contributed by atoms with Crippen LogP contribution in [0.1, 0.15) is 58.6 Å². The lowest BCUT2D eigenvalue weighted by Gasteiger charge is -2.33. The van der Waals surface area contributed by atoms with Crippen molar-refractivity contribution in [2.75, 3.05) is 12.9 Å². The summed E-state index contributed by atoms with van der Waals surface area (Å²) in [7, 11) is -3.58. The molecule has 0 bridgehead atoms. The summed E-state index contributed by atoms with van der Waals surface area (Å²) in [5, 5.41) is 0.447. The molecule has 0 heterocycles. The molecule has 2 aromatic rings. The molecule has 170 valence electrons. The monoisotopic (exact) mass is 466 g/mol. The molecule has 0 aliphatic heterocycles. The summed E-state index contributed by atoms with van der Waals surface area (Å²) in [5.74, 6) is 0.749. The predicted octanol–water partition coefficient (Wildman–Crippen LogP) is 5.78. The molecule has 0 spiro atoms. The molecule has 31 heavy (non-hydrogen) atoms. The largest absolute Gasteiger partial charge is 0.484 e. The third-order valence-corrected chi connectivity index (χ3v) is 6.33. The van der Waals surface area contributed by atoms with E-state index < -0.39 is 15.5 Å². The molecule has 0 aliphatic rings. The van der Waals surface area contributed by atoms with Crippen LogP contribution in [0.15, 0.2) is 42.5 Å². The van der Waals surface area contributed by atoms with Crippen LogP contribution in [-0.4, -0.2) is 27.1 Å². The number of carbonyl (C=O) groups excluding carboxylic acids is 1. The van der Waals surface area contributed by atoms with Crippen molar-refractivity contribution < 1.29 is 22.1 Å². The highest BCUT2D eigenvalue weighted by Gasteiger charge is 2.31. The van der Waals surface area contributed by atoms with Gasteiger partial charge in [-0.1, -0.05) is 64.4 Å². The molecule has 0 unspecified atom stereocenters. The minimum absolute atomic E-state index is 0.000471. The highest BCUT2D eigenvalue weighted by atomic mass is 35.5. The van der Waals surface area contributed by atoms with E-state index in [2.05, 4.69) is 13.8 Å². The van der Waals surface area contributed by atoms with Gasteiger partial charge in [0.25, 0.3) is 0 Å². The Bertz CT molecular complexity index is 1020. The van der Waals surface area contributed by atoms with Crippen molar-refractivity contribution in [2.45, 2.75) is 52.9 Å². The molecular weight excluding hydrogens is 436 g/mol. The second-order valence-corrected chi connectivity index (χ2v) is 10.7. The Balaban J connectivity index is 2.34. The molecule has 0 aliphatic carbocycles. The van der Waals surface area contributed by atoms with Gasteiger partial charge in [0, 0.05) is 10.8 Å². The molecule has 0 radical (unpaired) electrons. The van der Waals surface area contributed by atoms with Gasteiger partial charge in [0.2, 0.25) is 0 Å². The molecule has 2 aromatic carbocycles. The predicted molar refractivity (Wildman–Crippen MR) is 125 cm³/mol. The van der Waals surface area contributed by atoms with Gasteiger partial charge in [0.15, 0.2) is 5.78 Å². The van der Waals surface area contributed by atoms with Crippen molar-refractivity contribution in [3.63, 3.8) is 0 Å². The molecule has 0 aromatic heterocycles. The van der Waals surface area contributed by atoms with Crippen LogP contribution in [-0.2, 0) is 20.3 Å². The van der Waals surface area contributed by atoms with Gasteiger partial charge in [0.05, 0.1) is 11.3 Å². The number of hydrogen-bond donors (Lipinski definition) is 0. The SMILES string of the molecule is CCC(CC)(c1ccc(OS(C)(=O)=O)cc1)c1ccc(OCC(=O)C(C)(C)C)c(Cl)c1. The molecule has 0 amide bonds. The zero-order valence-electron chi connectivity index (χ0n) is 19.0. The molecule has 5 nitrogen and oxygen atoms in total. The summed E-state index contributed by atoms with van der Waals surface area (Å²) in [4.78, 5) is 12.2. The Morgan fingerprint density at radius 3 is 1.97 bits per heavy atom. The lowest BCUT2D eigenvalue weighted by Crippen LogP contribution is -2.27. The zero-order valence-corrected chi connectivity index (χ0v) is 20.6. The number of carbonyl (C=O) groups is 1. The van der Waals surface area contributed by atoms with Crippen molar-refractivity contribution in [2.24, 2.45) is 5.41 Å². The van der Waals surface area contributed by atoms with Crippen LogP contribution < -0.4 is 8.92 Å². The third kappa shape index (κ3) is 6.23. The van der Waals surface area contributed by atoms with E-state index in [1.165, 1.54) is 0 Å². The molecule has 7 heteroatoms.